The number of rotatable bonds is 4. The van der Waals surface area contributed by atoms with Crippen LogP contribution in [-0.2, 0) is 5.04 Å². The lowest BCUT2D eigenvalue weighted by Crippen LogP contribution is -2.35. The molecule has 1 aliphatic rings. The van der Waals surface area contributed by atoms with Gasteiger partial charge in [0.05, 0.1) is 9.52 Å². The molecule has 26 heavy (non-hydrogen) atoms. The Bertz CT molecular complexity index is 922. The first-order valence-electron chi connectivity index (χ1n) is 9.33. The number of hydrogen-bond donors (Lipinski definition) is 0. The van der Waals surface area contributed by atoms with Gasteiger partial charge in [-0.15, -0.1) is 0 Å². The van der Waals surface area contributed by atoms with Crippen LogP contribution in [0.15, 0.2) is 78.9 Å². The van der Waals surface area contributed by atoms with Crippen molar-refractivity contribution in [3.05, 3.63) is 119 Å². The van der Waals surface area contributed by atoms with E-state index < -0.39 is 9.52 Å². The highest BCUT2D eigenvalue weighted by molar-refractivity contribution is 6.45. The van der Waals surface area contributed by atoms with Crippen molar-refractivity contribution in [2.75, 3.05) is 0 Å². The van der Waals surface area contributed by atoms with Crippen LogP contribution < -0.4 is 0 Å². The number of aryl methyl sites for hydroxylation is 2. The van der Waals surface area contributed by atoms with Crippen LogP contribution in [0.5, 0.6) is 0 Å². The van der Waals surface area contributed by atoms with E-state index in [-0.39, 0.29) is 5.04 Å². The minimum Gasteiger partial charge on any atom is -0.0797 e. The van der Waals surface area contributed by atoms with Crippen molar-refractivity contribution in [2.45, 2.75) is 24.4 Å². The molecule has 0 spiro atoms. The van der Waals surface area contributed by atoms with E-state index in [9.17, 15) is 0 Å². The molecule has 0 aliphatic heterocycles. The Morgan fingerprint density at radius 1 is 0.808 bits per heavy atom. The predicted molar refractivity (Wildman–Crippen MR) is 115 cm³/mol. The molecular formula is C25H25Si. The molecule has 1 radical (unpaired) electrons. The molecule has 0 saturated heterocycles. The fourth-order valence-electron chi connectivity index (χ4n) is 4.17. The number of benzene rings is 3. The first-order chi connectivity index (χ1) is 12.6. The van der Waals surface area contributed by atoms with Gasteiger partial charge < -0.3 is 0 Å². The van der Waals surface area contributed by atoms with Crippen molar-refractivity contribution >= 4 is 15.6 Å². The molecule has 3 aromatic rings. The van der Waals surface area contributed by atoms with E-state index in [1.54, 1.807) is 0 Å². The van der Waals surface area contributed by atoms with Gasteiger partial charge >= 0.3 is 0 Å². The molecule has 0 bridgehead atoms. The average Bonchev–Trinajstić information content (AvgIpc) is 3.04. The minimum atomic E-state index is -0.630. The molecule has 0 amide bonds. The topological polar surface area (TPSA) is 0 Å². The molecule has 0 fully saturated rings. The van der Waals surface area contributed by atoms with Crippen molar-refractivity contribution in [1.82, 2.24) is 0 Å². The zero-order valence-electron chi connectivity index (χ0n) is 15.6. The second-order valence-electron chi connectivity index (χ2n) is 7.62. The highest BCUT2D eigenvalue weighted by atomic mass is 28.2. The molecule has 0 saturated carbocycles. The molecular weight excluding hydrogens is 328 g/mol. The molecule has 1 atom stereocenters. The van der Waals surface area contributed by atoms with Gasteiger partial charge in [-0.2, -0.15) is 0 Å². The molecule has 4 rings (SSSR count). The van der Waals surface area contributed by atoms with Gasteiger partial charge in [0, 0.05) is 5.04 Å². The Labute approximate surface area is 159 Å². The Morgan fingerprint density at radius 3 is 2.04 bits per heavy atom. The van der Waals surface area contributed by atoms with Gasteiger partial charge in [0.15, 0.2) is 0 Å². The van der Waals surface area contributed by atoms with Crippen molar-refractivity contribution in [3.8, 4) is 0 Å². The van der Waals surface area contributed by atoms with Crippen LogP contribution in [0.25, 0.3) is 6.08 Å². The van der Waals surface area contributed by atoms with Crippen molar-refractivity contribution in [2.24, 2.45) is 0 Å². The highest BCUT2D eigenvalue weighted by Gasteiger charge is 2.34. The zero-order valence-corrected chi connectivity index (χ0v) is 17.0. The molecule has 1 unspecified atom stereocenters. The van der Waals surface area contributed by atoms with Gasteiger partial charge in [-0.3, -0.25) is 0 Å². The Balaban J connectivity index is 1.81. The minimum absolute atomic E-state index is 0.134. The third-order valence-corrected chi connectivity index (χ3v) is 8.28. The summed E-state index contributed by atoms with van der Waals surface area (Å²) in [5.74, 6) is 0. The summed E-state index contributed by atoms with van der Waals surface area (Å²) in [6.45, 7) is 9.20. The fraction of sp³-hybridized carbons (Fsp3) is 0.160. The van der Waals surface area contributed by atoms with Crippen LogP contribution in [0.3, 0.4) is 0 Å². The Kier molecular flexibility index (Phi) is 4.42. The normalized spacial score (nSPS) is 16.3. The summed E-state index contributed by atoms with van der Waals surface area (Å²) in [6, 6.07) is 26.7. The van der Waals surface area contributed by atoms with Crippen LogP contribution in [0.2, 0.25) is 0 Å². The molecule has 0 N–H and O–H groups in total. The quantitative estimate of drug-likeness (QED) is 0.557. The standard InChI is InChI=1S/C25H25Si/c1-18-8-6-11-21(16-18)25(3,22-12-7-9-19(2)17-22)26-24-15-14-20-10-4-5-13-23(20)24/h4-17,24H,3,26H2,1-2H3. The van der Waals surface area contributed by atoms with Gasteiger partial charge in [-0.05, 0) is 48.6 Å². The van der Waals surface area contributed by atoms with Gasteiger partial charge in [-0.1, -0.05) is 96.1 Å². The van der Waals surface area contributed by atoms with Gasteiger partial charge in [-0.25, -0.2) is 0 Å². The molecule has 1 aliphatic carbocycles. The number of allylic oxidation sites excluding steroid dienone is 1. The van der Waals surface area contributed by atoms with Crippen LogP contribution >= 0.6 is 0 Å². The van der Waals surface area contributed by atoms with E-state index in [2.05, 4.69) is 98.8 Å². The zero-order chi connectivity index (χ0) is 18.1. The van der Waals surface area contributed by atoms with E-state index in [0.29, 0.717) is 5.54 Å². The smallest absolute Gasteiger partial charge is 0.0513 e. The fourth-order valence-corrected chi connectivity index (χ4v) is 6.69. The average molecular weight is 354 g/mol. The largest absolute Gasteiger partial charge is 0.0797 e. The van der Waals surface area contributed by atoms with Crippen LogP contribution in [-0.4, -0.2) is 9.52 Å². The van der Waals surface area contributed by atoms with Gasteiger partial charge in [0.1, 0.15) is 0 Å². The lowest BCUT2D eigenvalue weighted by molar-refractivity contribution is 0.878. The molecule has 0 nitrogen and oxygen atoms in total. The van der Waals surface area contributed by atoms with E-state index in [1.165, 1.54) is 33.4 Å². The maximum Gasteiger partial charge on any atom is 0.0513 e. The van der Waals surface area contributed by atoms with Gasteiger partial charge in [0.25, 0.3) is 0 Å². The number of hydrogen-bond acceptors (Lipinski definition) is 0. The van der Waals surface area contributed by atoms with E-state index in [1.807, 2.05) is 0 Å². The second-order valence-corrected chi connectivity index (χ2v) is 10.1. The third-order valence-electron chi connectivity index (χ3n) is 5.61. The van der Waals surface area contributed by atoms with Crippen LogP contribution in [0, 0.1) is 20.8 Å². The van der Waals surface area contributed by atoms with Crippen LogP contribution in [0.4, 0.5) is 0 Å². The maximum absolute atomic E-state index is 4.86. The first kappa shape index (κ1) is 17.1. The second kappa shape index (κ2) is 6.73. The SMILES string of the molecule is [CH2]C([SiH2]C1C=Cc2ccccc21)(c1cccc(C)c1)c1cccc(C)c1. The maximum atomic E-state index is 4.86. The first-order valence-corrected chi connectivity index (χ1v) is 10.9. The van der Waals surface area contributed by atoms with E-state index in [4.69, 9.17) is 6.92 Å². The molecule has 1 heteroatoms. The molecule has 0 heterocycles. The summed E-state index contributed by atoms with van der Waals surface area (Å²) in [5.41, 5.74) is 8.71. The van der Waals surface area contributed by atoms with Crippen molar-refractivity contribution in [3.63, 3.8) is 0 Å². The summed E-state index contributed by atoms with van der Waals surface area (Å²) in [5, 5.41) is -0.134. The summed E-state index contributed by atoms with van der Waals surface area (Å²) in [6.07, 6.45) is 4.70. The van der Waals surface area contributed by atoms with Crippen LogP contribution in [0.1, 0.15) is 38.9 Å². The number of fused-ring (bicyclic) bond motifs is 1. The van der Waals surface area contributed by atoms with E-state index in [0.717, 1.165) is 0 Å². The predicted octanol–water partition coefficient (Wildman–Crippen LogP) is 5.32. The third kappa shape index (κ3) is 3.08. The monoisotopic (exact) mass is 353 g/mol. The Morgan fingerprint density at radius 2 is 1.42 bits per heavy atom. The lowest BCUT2D eigenvalue weighted by Gasteiger charge is -2.33. The summed E-state index contributed by atoms with van der Waals surface area (Å²) in [4.78, 5) is 0. The lowest BCUT2D eigenvalue weighted by atomic mass is 9.90. The Hall–Kier alpha value is -2.38. The highest BCUT2D eigenvalue weighted by Crippen LogP contribution is 2.38. The molecule has 129 valence electrons. The summed E-state index contributed by atoms with van der Waals surface area (Å²) >= 11 is 0. The van der Waals surface area contributed by atoms with Crippen molar-refractivity contribution in [1.29, 1.82) is 0 Å². The van der Waals surface area contributed by atoms with Gasteiger partial charge in [0.2, 0.25) is 0 Å². The summed E-state index contributed by atoms with van der Waals surface area (Å²) in [7, 11) is -0.630. The summed E-state index contributed by atoms with van der Waals surface area (Å²) < 4.78 is 0. The molecule has 0 aromatic heterocycles. The molecule has 3 aromatic carbocycles. The van der Waals surface area contributed by atoms with E-state index >= 15 is 0 Å². The van der Waals surface area contributed by atoms with Crippen molar-refractivity contribution < 1.29 is 0 Å².